The first-order valence-corrected chi connectivity index (χ1v) is 5.03. The number of nitrogens with zero attached hydrogens (tertiary/aromatic N) is 4. The van der Waals surface area contributed by atoms with E-state index in [0.717, 1.165) is 18.2 Å². The fourth-order valence-corrected chi connectivity index (χ4v) is 1.46. The molecule has 2 rings (SSSR count). The number of anilines is 1. The minimum Gasteiger partial charge on any atom is -0.350 e. The highest BCUT2D eigenvalue weighted by Gasteiger charge is 2.01. The fourth-order valence-electron chi connectivity index (χ4n) is 1.46. The van der Waals surface area contributed by atoms with Crippen LogP contribution < -0.4 is 5.32 Å². The smallest absolute Gasteiger partial charge is 0.203 e. The number of aromatic nitrogens is 4. The van der Waals surface area contributed by atoms with Crippen LogP contribution in [-0.4, -0.2) is 19.3 Å². The highest BCUT2D eigenvalue weighted by atomic mass is 15.3. The van der Waals surface area contributed by atoms with Gasteiger partial charge in [0.1, 0.15) is 0 Å². The highest BCUT2D eigenvalue weighted by molar-refractivity contribution is 5.26. The van der Waals surface area contributed by atoms with E-state index in [1.807, 2.05) is 25.5 Å². The molecule has 2 aromatic heterocycles. The second-order valence-electron chi connectivity index (χ2n) is 3.37. The molecule has 0 aromatic carbocycles. The Kier molecular flexibility index (Phi) is 2.71. The average Bonchev–Trinajstić information content (AvgIpc) is 2.83. The fraction of sp³-hybridized carbons (Fsp3) is 0.400. The Hall–Kier alpha value is -1.78. The lowest BCUT2D eigenvalue weighted by Gasteiger charge is -2.05. The third-order valence-corrected chi connectivity index (χ3v) is 2.25. The number of imidazole rings is 1. The van der Waals surface area contributed by atoms with Crippen molar-refractivity contribution in [1.29, 1.82) is 0 Å². The third-order valence-electron chi connectivity index (χ3n) is 2.25. The monoisotopic (exact) mass is 205 g/mol. The molecule has 0 bridgehead atoms. The van der Waals surface area contributed by atoms with E-state index in [2.05, 4.69) is 26.9 Å². The average molecular weight is 205 g/mol. The van der Waals surface area contributed by atoms with Gasteiger partial charge in [0.15, 0.2) is 0 Å². The van der Waals surface area contributed by atoms with Crippen molar-refractivity contribution in [3.8, 4) is 0 Å². The molecule has 0 fully saturated rings. The van der Waals surface area contributed by atoms with Crippen LogP contribution in [-0.2, 0) is 20.1 Å². The second kappa shape index (κ2) is 4.16. The van der Waals surface area contributed by atoms with Crippen LogP contribution >= 0.6 is 0 Å². The predicted molar refractivity (Wildman–Crippen MR) is 58.4 cm³/mol. The zero-order chi connectivity index (χ0) is 10.7. The van der Waals surface area contributed by atoms with E-state index in [1.54, 1.807) is 10.9 Å². The van der Waals surface area contributed by atoms with Crippen molar-refractivity contribution in [3.63, 3.8) is 0 Å². The van der Waals surface area contributed by atoms with Crippen LogP contribution in [0.1, 0.15) is 12.6 Å². The molecule has 5 heteroatoms. The van der Waals surface area contributed by atoms with E-state index < -0.39 is 0 Å². The molecule has 0 aliphatic heterocycles. The molecular weight excluding hydrogens is 190 g/mol. The molecular formula is C10H15N5. The topological polar surface area (TPSA) is 47.7 Å². The Morgan fingerprint density at radius 2 is 2.27 bits per heavy atom. The molecule has 0 aliphatic carbocycles. The summed E-state index contributed by atoms with van der Waals surface area (Å²) in [7, 11) is 1.91. The molecule has 2 aromatic rings. The van der Waals surface area contributed by atoms with Crippen molar-refractivity contribution in [2.75, 3.05) is 5.32 Å². The molecule has 15 heavy (non-hydrogen) atoms. The molecule has 1 N–H and O–H groups in total. The van der Waals surface area contributed by atoms with Crippen LogP contribution in [0, 0.1) is 0 Å². The molecule has 0 aliphatic rings. The molecule has 2 heterocycles. The maximum atomic E-state index is 4.28. The Morgan fingerprint density at radius 1 is 1.40 bits per heavy atom. The van der Waals surface area contributed by atoms with Gasteiger partial charge in [0.05, 0.1) is 12.2 Å². The highest BCUT2D eigenvalue weighted by Crippen LogP contribution is 2.05. The standard InChI is InChI=1S/C10H15N5/c1-3-15-7-5-11-10(15)12-8-9-4-6-14(2)13-9/h4-7H,3,8H2,1-2H3,(H,11,12). The number of rotatable bonds is 4. The minimum atomic E-state index is 0.706. The summed E-state index contributed by atoms with van der Waals surface area (Å²) in [6.45, 7) is 3.72. The lowest BCUT2D eigenvalue weighted by atomic mass is 10.4. The largest absolute Gasteiger partial charge is 0.350 e. The summed E-state index contributed by atoms with van der Waals surface area (Å²) in [5.74, 6) is 0.892. The summed E-state index contributed by atoms with van der Waals surface area (Å²) < 4.78 is 3.85. The van der Waals surface area contributed by atoms with Gasteiger partial charge in [-0.25, -0.2) is 4.98 Å². The van der Waals surface area contributed by atoms with Crippen molar-refractivity contribution in [3.05, 3.63) is 30.4 Å². The van der Waals surface area contributed by atoms with E-state index in [0.29, 0.717) is 6.54 Å². The van der Waals surface area contributed by atoms with E-state index in [4.69, 9.17) is 0 Å². The summed E-state index contributed by atoms with van der Waals surface area (Å²) in [4.78, 5) is 4.23. The first-order chi connectivity index (χ1) is 7.29. The van der Waals surface area contributed by atoms with Gasteiger partial charge in [0.25, 0.3) is 0 Å². The molecule has 0 saturated carbocycles. The van der Waals surface area contributed by atoms with Crippen LogP contribution in [0.2, 0.25) is 0 Å². The summed E-state index contributed by atoms with van der Waals surface area (Å²) in [6, 6.07) is 1.99. The maximum Gasteiger partial charge on any atom is 0.203 e. The number of hydrogen-bond acceptors (Lipinski definition) is 3. The zero-order valence-corrected chi connectivity index (χ0v) is 9.01. The molecule has 0 radical (unpaired) electrons. The van der Waals surface area contributed by atoms with Gasteiger partial charge in [-0.05, 0) is 13.0 Å². The first-order valence-electron chi connectivity index (χ1n) is 5.03. The molecule has 0 unspecified atom stereocenters. The first kappa shape index (κ1) is 9.76. The molecule has 80 valence electrons. The van der Waals surface area contributed by atoms with Gasteiger partial charge in [0, 0.05) is 32.2 Å². The van der Waals surface area contributed by atoms with Crippen LogP contribution in [0.4, 0.5) is 5.95 Å². The van der Waals surface area contributed by atoms with E-state index in [1.165, 1.54) is 0 Å². The van der Waals surface area contributed by atoms with Crippen molar-refractivity contribution in [2.45, 2.75) is 20.0 Å². The quantitative estimate of drug-likeness (QED) is 0.817. The van der Waals surface area contributed by atoms with Gasteiger partial charge in [-0.15, -0.1) is 0 Å². The van der Waals surface area contributed by atoms with Gasteiger partial charge in [-0.1, -0.05) is 0 Å². The van der Waals surface area contributed by atoms with E-state index in [-0.39, 0.29) is 0 Å². The van der Waals surface area contributed by atoms with Crippen molar-refractivity contribution >= 4 is 5.95 Å². The van der Waals surface area contributed by atoms with Gasteiger partial charge in [0.2, 0.25) is 5.95 Å². The van der Waals surface area contributed by atoms with Gasteiger partial charge in [-0.2, -0.15) is 5.10 Å². The van der Waals surface area contributed by atoms with Crippen LogP contribution in [0.3, 0.4) is 0 Å². The second-order valence-corrected chi connectivity index (χ2v) is 3.37. The van der Waals surface area contributed by atoms with Gasteiger partial charge in [-0.3, -0.25) is 4.68 Å². The molecule has 5 nitrogen and oxygen atoms in total. The Morgan fingerprint density at radius 3 is 2.93 bits per heavy atom. The predicted octanol–water partition coefficient (Wildman–Crippen LogP) is 1.25. The van der Waals surface area contributed by atoms with Crippen molar-refractivity contribution in [1.82, 2.24) is 19.3 Å². The zero-order valence-electron chi connectivity index (χ0n) is 9.01. The molecule has 0 amide bonds. The minimum absolute atomic E-state index is 0.706. The number of aryl methyl sites for hydroxylation is 2. The van der Waals surface area contributed by atoms with Crippen molar-refractivity contribution < 1.29 is 0 Å². The molecule has 0 atom stereocenters. The van der Waals surface area contributed by atoms with E-state index >= 15 is 0 Å². The van der Waals surface area contributed by atoms with Crippen LogP contribution in [0.15, 0.2) is 24.7 Å². The van der Waals surface area contributed by atoms with Crippen molar-refractivity contribution in [2.24, 2.45) is 7.05 Å². The third kappa shape index (κ3) is 2.18. The van der Waals surface area contributed by atoms with Gasteiger partial charge < -0.3 is 9.88 Å². The summed E-state index contributed by atoms with van der Waals surface area (Å²) in [6.07, 6.45) is 5.69. The van der Waals surface area contributed by atoms with Crippen LogP contribution in [0.25, 0.3) is 0 Å². The summed E-state index contributed by atoms with van der Waals surface area (Å²) in [5.41, 5.74) is 1.02. The molecule has 0 saturated heterocycles. The lowest BCUT2D eigenvalue weighted by molar-refractivity contribution is 0.737. The van der Waals surface area contributed by atoms with Crippen LogP contribution in [0.5, 0.6) is 0 Å². The maximum absolute atomic E-state index is 4.28. The van der Waals surface area contributed by atoms with Gasteiger partial charge >= 0.3 is 0 Å². The number of nitrogens with one attached hydrogen (secondary N) is 1. The van der Waals surface area contributed by atoms with E-state index in [9.17, 15) is 0 Å². The summed E-state index contributed by atoms with van der Waals surface area (Å²) >= 11 is 0. The lowest BCUT2D eigenvalue weighted by Crippen LogP contribution is -2.07. The number of hydrogen-bond donors (Lipinski definition) is 1. The Labute approximate surface area is 88.7 Å². The SMILES string of the molecule is CCn1ccnc1NCc1ccn(C)n1. The molecule has 0 spiro atoms. The Bertz CT molecular complexity index is 428. The summed E-state index contributed by atoms with van der Waals surface area (Å²) in [5, 5.41) is 7.53. The normalized spacial score (nSPS) is 10.5. The Balaban J connectivity index is 1.98.